The smallest absolute Gasteiger partial charge is 0.166 e. The minimum absolute atomic E-state index is 0.0271. The van der Waals surface area contributed by atoms with E-state index in [1.807, 2.05) is 24.3 Å². The summed E-state index contributed by atoms with van der Waals surface area (Å²) < 4.78 is 53.8. The van der Waals surface area contributed by atoms with Crippen LogP contribution in [0.2, 0.25) is 0 Å². The van der Waals surface area contributed by atoms with Crippen LogP contribution in [-0.2, 0) is 4.74 Å². The van der Waals surface area contributed by atoms with E-state index in [1.54, 1.807) is 43.5 Å². The highest BCUT2D eigenvalue weighted by molar-refractivity contribution is 5.72. The van der Waals surface area contributed by atoms with Gasteiger partial charge in [-0.2, -0.15) is 0 Å². The second-order valence-electron chi connectivity index (χ2n) is 8.39. The van der Waals surface area contributed by atoms with Crippen molar-refractivity contribution in [1.29, 1.82) is 0 Å². The van der Waals surface area contributed by atoms with Crippen LogP contribution in [0.1, 0.15) is 48.3 Å². The number of hydrogen-bond donors (Lipinski definition) is 0. The minimum atomic E-state index is -0.817. The largest absolute Gasteiger partial charge is 0.494 e. The van der Waals surface area contributed by atoms with Crippen LogP contribution in [-0.4, -0.2) is 20.3 Å². The van der Waals surface area contributed by atoms with Crippen molar-refractivity contribution in [2.24, 2.45) is 0 Å². The van der Waals surface area contributed by atoms with Crippen molar-refractivity contribution in [3.05, 3.63) is 88.7 Å². The maximum Gasteiger partial charge on any atom is 0.166 e. The van der Waals surface area contributed by atoms with Crippen molar-refractivity contribution in [2.75, 3.05) is 14.2 Å². The van der Waals surface area contributed by atoms with Crippen molar-refractivity contribution in [1.82, 2.24) is 0 Å². The summed E-state index contributed by atoms with van der Waals surface area (Å²) in [6.45, 7) is 0. The lowest BCUT2D eigenvalue weighted by molar-refractivity contribution is 0.0655. The molecule has 2 nitrogen and oxygen atoms in total. The molecule has 3 aromatic carbocycles. The molecule has 1 saturated carbocycles. The Balaban J connectivity index is 1.47. The third kappa shape index (κ3) is 5.14. The Kier molecular flexibility index (Phi) is 7.19. The summed E-state index contributed by atoms with van der Waals surface area (Å²) in [5.74, 6) is -1.77. The van der Waals surface area contributed by atoms with E-state index < -0.39 is 17.5 Å². The van der Waals surface area contributed by atoms with Gasteiger partial charge in [-0.15, -0.1) is 0 Å². The molecule has 1 aliphatic carbocycles. The van der Waals surface area contributed by atoms with Crippen molar-refractivity contribution in [2.45, 2.75) is 37.7 Å². The molecule has 1 fully saturated rings. The van der Waals surface area contributed by atoms with Crippen LogP contribution < -0.4 is 4.74 Å². The minimum Gasteiger partial charge on any atom is -0.494 e. The Labute approximate surface area is 192 Å². The third-order valence-electron chi connectivity index (χ3n) is 6.44. The predicted octanol–water partition coefficient (Wildman–Crippen LogP) is 7.62. The van der Waals surface area contributed by atoms with Crippen LogP contribution in [0.3, 0.4) is 0 Å². The standard InChI is InChI=1S/C28H27F3O2/c1-32-23-13-9-20(10-14-23)24-15-11-21(27(30)28(24)31)8-5-18-3-6-19(7-4-18)22-12-16-26(33-2)25(29)17-22/h3-8,11-12,15-17,20,23H,9-10,13-14H2,1-2H3/b8-5+. The maximum atomic E-state index is 14.8. The van der Waals surface area contributed by atoms with Crippen molar-refractivity contribution < 1.29 is 22.6 Å². The number of benzene rings is 3. The van der Waals surface area contributed by atoms with Gasteiger partial charge in [0.1, 0.15) is 0 Å². The van der Waals surface area contributed by atoms with Crippen LogP contribution >= 0.6 is 0 Å². The van der Waals surface area contributed by atoms with Crippen molar-refractivity contribution in [3.63, 3.8) is 0 Å². The number of methoxy groups -OCH3 is 2. The van der Waals surface area contributed by atoms with Gasteiger partial charge in [-0.1, -0.05) is 54.6 Å². The fraction of sp³-hybridized carbons (Fsp3) is 0.286. The number of ether oxygens (including phenoxy) is 2. The first-order valence-corrected chi connectivity index (χ1v) is 11.1. The van der Waals surface area contributed by atoms with Gasteiger partial charge in [0, 0.05) is 12.7 Å². The average Bonchev–Trinajstić information content (AvgIpc) is 2.85. The molecule has 0 bridgehead atoms. The normalized spacial score (nSPS) is 18.6. The molecule has 0 unspecified atom stereocenters. The molecule has 0 aliphatic heterocycles. The second kappa shape index (κ2) is 10.3. The number of halogens is 3. The molecule has 172 valence electrons. The van der Waals surface area contributed by atoms with E-state index in [2.05, 4.69) is 0 Å². The molecule has 33 heavy (non-hydrogen) atoms. The molecule has 0 saturated heterocycles. The maximum absolute atomic E-state index is 14.8. The number of rotatable bonds is 6. The predicted molar refractivity (Wildman–Crippen MR) is 126 cm³/mol. The topological polar surface area (TPSA) is 18.5 Å². The van der Waals surface area contributed by atoms with Gasteiger partial charge in [0.2, 0.25) is 0 Å². The Morgan fingerprint density at radius 3 is 2.09 bits per heavy atom. The fourth-order valence-electron chi connectivity index (χ4n) is 4.45. The Hall–Kier alpha value is -3.05. The highest BCUT2D eigenvalue weighted by atomic mass is 19.2. The zero-order valence-electron chi connectivity index (χ0n) is 18.8. The summed E-state index contributed by atoms with van der Waals surface area (Å²) in [4.78, 5) is 0. The van der Waals surface area contributed by atoms with Crippen LogP contribution in [0, 0.1) is 17.5 Å². The molecule has 0 aromatic heterocycles. The van der Waals surface area contributed by atoms with Gasteiger partial charge in [0.05, 0.1) is 13.2 Å². The van der Waals surface area contributed by atoms with Gasteiger partial charge in [-0.05, 0) is 66.0 Å². The van der Waals surface area contributed by atoms with Crippen molar-refractivity contribution >= 4 is 12.2 Å². The van der Waals surface area contributed by atoms with E-state index in [9.17, 15) is 13.2 Å². The zero-order valence-corrected chi connectivity index (χ0v) is 18.8. The summed E-state index contributed by atoms with van der Waals surface area (Å²) >= 11 is 0. The quantitative estimate of drug-likeness (QED) is 0.358. The summed E-state index contributed by atoms with van der Waals surface area (Å²) in [7, 11) is 3.12. The molecule has 0 atom stereocenters. The second-order valence-corrected chi connectivity index (χ2v) is 8.39. The monoisotopic (exact) mass is 452 g/mol. The molecular weight excluding hydrogens is 425 g/mol. The van der Waals surface area contributed by atoms with E-state index in [1.165, 1.54) is 13.2 Å². The number of hydrogen-bond acceptors (Lipinski definition) is 2. The summed E-state index contributed by atoms with van der Waals surface area (Å²) in [6, 6.07) is 15.6. The molecule has 0 N–H and O–H groups in total. The highest BCUT2D eigenvalue weighted by Crippen LogP contribution is 2.36. The highest BCUT2D eigenvalue weighted by Gasteiger charge is 2.25. The SMILES string of the molecule is COc1ccc(-c2ccc(/C=C/c3ccc(C4CCC(OC)CC4)c(F)c3F)cc2)cc1F. The van der Waals surface area contributed by atoms with E-state index in [4.69, 9.17) is 9.47 Å². The Morgan fingerprint density at radius 2 is 1.45 bits per heavy atom. The van der Waals surface area contributed by atoms with Crippen LogP contribution in [0.15, 0.2) is 54.6 Å². The first kappa shape index (κ1) is 23.1. The Morgan fingerprint density at radius 1 is 0.758 bits per heavy atom. The lowest BCUT2D eigenvalue weighted by Gasteiger charge is -2.28. The van der Waals surface area contributed by atoms with Gasteiger partial charge in [-0.3, -0.25) is 0 Å². The van der Waals surface area contributed by atoms with Gasteiger partial charge in [-0.25, -0.2) is 13.2 Å². The Bertz CT molecular complexity index is 1130. The van der Waals surface area contributed by atoms with Crippen LogP contribution in [0.25, 0.3) is 23.3 Å². The molecule has 0 radical (unpaired) electrons. The fourth-order valence-corrected chi connectivity index (χ4v) is 4.45. The molecular formula is C28H27F3O2. The molecule has 5 heteroatoms. The molecule has 0 amide bonds. The van der Waals surface area contributed by atoms with E-state index in [0.29, 0.717) is 5.56 Å². The van der Waals surface area contributed by atoms with Crippen LogP contribution in [0.4, 0.5) is 13.2 Å². The molecule has 0 heterocycles. The summed E-state index contributed by atoms with van der Waals surface area (Å²) in [5.41, 5.74) is 3.07. The van der Waals surface area contributed by atoms with E-state index >= 15 is 0 Å². The van der Waals surface area contributed by atoms with Gasteiger partial charge < -0.3 is 9.47 Å². The summed E-state index contributed by atoms with van der Waals surface area (Å²) in [5, 5.41) is 0. The van der Waals surface area contributed by atoms with Gasteiger partial charge in [0.25, 0.3) is 0 Å². The van der Waals surface area contributed by atoms with Crippen LogP contribution in [0.5, 0.6) is 5.75 Å². The first-order valence-electron chi connectivity index (χ1n) is 11.1. The molecule has 0 spiro atoms. The zero-order chi connectivity index (χ0) is 23.4. The summed E-state index contributed by atoms with van der Waals surface area (Å²) in [6.07, 6.45) is 6.85. The van der Waals surface area contributed by atoms with E-state index in [0.717, 1.165) is 42.4 Å². The third-order valence-corrected chi connectivity index (χ3v) is 6.44. The molecule has 3 aromatic rings. The van der Waals surface area contributed by atoms with E-state index in [-0.39, 0.29) is 23.3 Å². The van der Waals surface area contributed by atoms with Crippen molar-refractivity contribution in [3.8, 4) is 16.9 Å². The van der Waals surface area contributed by atoms with Gasteiger partial charge >= 0.3 is 0 Å². The van der Waals surface area contributed by atoms with Gasteiger partial charge in [0.15, 0.2) is 23.2 Å². The first-order chi connectivity index (χ1) is 16.0. The lowest BCUT2D eigenvalue weighted by Crippen LogP contribution is -2.20. The lowest BCUT2D eigenvalue weighted by atomic mass is 9.82. The molecule has 4 rings (SSSR count). The molecule has 1 aliphatic rings. The average molecular weight is 453 g/mol.